The molecule has 0 aliphatic heterocycles. The Morgan fingerprint density at radius 2 is 1.75 bits per heavy atom. The lowest BCUT2D eigenvalue weighted by molar-refractivity contribution is -0.136. The summed E-state index contributed by atoms with van der Waals surface area (Å²) in [6.07, 6.45) is 1.01. The summed E-state index contributed by atoms with van der Waals surface area (Å²) < 4.78 is 15.6. The zero-order valence-corrected chi connectivity index (χ0v) is 13.9. The molecule has 24 heavy (non-hydrogen) atoms. The Morgan fingerprint density at radius 1 is 1.12 bits per heavy atom. The maximum Gasteiger partial charge on any atom is 0.311 e. The Kier molecular flexibility index (Phi) is 5.13. The van der Waals surface area contributed by atoms with Gasteiger partial charge in [0.15, 0.2) is 11.5 Å². The summed E-state index contributed by atoms with van der Waals surface area (Å²) >= 11 is 0. The normalized spacial score (nSPS) is 10.3. The Balaban J connectivity index is 2.34. The van der Waals surface area contributed by atoms with E-state index in [4.69, 9.17) is 19.0 Å². The summed E-state index contributed by atoms with van der Waals surface area (Å²) in [6, 6.07) is 3.40. The average molecular weight is 333 g/mol. The van der Waals surface area contributed by atoms with Crippen LogP contribution in [-0.2, 0) is 11.2 Å². The minimum Gasteiger partial charge on any atom is -0.493 e. The first-order valence-electron chi connectivity index (χ1n) is 7.20. The third kappa shape index (κ3) is 3.51. The molecule has 1 amide bonds. The molecule has 0 aliphatic carbocycles. The van der Waals surface area contributed by atoms with Crippen molar-refractivity contribution in [2.24, 2.45) is 0 Å². The quantitative estimate of drug-likeness (QED) is 0.843. The zero-order valence-electron chi connectivity index (χ0n) is 13.9. The molecule has 0 aliphatic rings. The fraction of sp³-hybridized carbons (Fsp3) is 0.294. The first-order chi connectivity index (χ1) is 11.4. The van der Waals surface area contributed by atoms with Crippen molar-refractivity contribution in [3.05, 3.63) is 40.8 Å². The van der Waals surface area contributed by atoms with E-state index in [2.05, 4.69) is 5.32 Å². The molecule has 2 N–H and O–H groups in total. The van der Waals surface area contributed by atoms with Crippen LogP contribution in [-0.4, -0.2) is 31.2 Å². The van der Waals surface area contributed by atoms with Crippen molar-refractivity contribution >= 4 is 17.6 Å². The highest BCUT2D eigenvalue weighted by molar-refractivity contribution is 6.07. The maximum absolute atomic E-state index is 12.6. The van der Waals surface area contributed by atoms with Crippen molar-refractivity contribution < 1.29 is 28.6 Å². The highest BCUT2D eigenvalue weighted by Crippen LogP contribution is 2.33. The number of rotatable bonds is 6. The Hall–Kier alpha value is -2.96. The lowest BCUT2D eigenvalue weighted by Crippen LogP contribution is -2.16. The number of amides is 1. The minimum absolute atomic E-state index is 0.121. The van der Waals surface area contributed by atoms with Gasteiger partial charge in [-0.05, 0) is 25.5 Å². The molecule has 1 aromatic heterocycles. The molecule has 0 spiro atoms. The van der Waals surface area contributed by atoms with Crippen LogP contribution >= 0.6 is 0 Å². The van der Waals surface area contributed by atoms with Crippen LogP contribution in [0.2, 0.25) is 0 Å². The molecule has 7 heteroatoms. The molecule has 1 aromatic carbocycles. The summed E-state index contributed by atoms with van der Waals surface area (Å²) in [4.78, 5) is 23.5. The average Bonchev–Trinajstić information content (AvgIpc) is 2.88. The van der Waals surface area contributed by atoms with Crippen LogP contribution in [0.5, 0.6) is 11.5 Å². The number of benzene rings is 1. The topological polar surface area (TPSA) is 98.0 Å². The minimum atomic E-state index is -1.07. The van der Waals surface area contributed by atoms with E-state index in [1.807, 2.05) is 6.92 Å². The first kappa shape index (κ1) is 17.4. The number of aryl methyl sites for hydroxylation is 2. The van der Waals surface area contributed by atoms with Crippen LogP contribution in [0.1, 0.15) is 27.2 Å². The number of aliphatic carboxylic acids is 1. The molecule has 1 heterocycles. The van der Waals surface area contributed by atoms with E-state index in [9.17, 15) is 9.59 Å². The summed E-state index contributed by atoms with van der Waals surface area (Å²) in [7, 11) is 3.03. The molecule has 7 nitrogen and oxygen atoms in total. The van der Waals surface area contributed by atoms with Gasteiger partial charge in [0, 0.05) is 17.3 Å². The largest absolute Gasteiger partial charge is 0.493 e. The van der Waals surface area contributed by atoms with E-state index in [0.717, 1.165) is 5.56 Å². The number of carbonyl (C=O) groups is 2. The van der Waals surface area contributed by atoms with Crippen molar-refractivity contribution in [3.8, 4) is 11.5 Å². The molecule has 0 saturated carbocycles. The number of ether oxygens (including phenoxy) is 2. The van der Waals surface area contributed by atoms with Crippen molar-refractivity contribution in [1.82, 2.24) is 0 Å². The number of carboxylic acids is 1. The zero-order chi connectivity index (χ0) is 17.9. The molecule has 0 fully saturated rings. The number of carbonyl (C=O) groups excluding carboxylic acids is 1. The van der Waals surface area contributed by atoms with Crippen LogP contribution in [0.25, 0.3) is 0 Å². The third-order valence-corrected chi connectivity index (χ3v) is 3.57. The summed E-state index contributed by atoms with van der Waals surface area (Å²) in [5.74, 6) is -0.351. The van der Waals surface area contributed by atoms with Crippen LogP contribution in [0.3, 0.4) is 0 Å². The molecule has 2 rings (SSSR count). The number of anilines is 1. The standard InChI is InChI=1S/C17H19NO6/c1-9-5-12(22-3)13(23-4)6-11(9)18-17(21)16-10(2)8-24-14(16)7-15(19)20/h5-6,8H,7H2,1-4H3,(H,18,21)(H,19,20). The monoisotopic (exact) mass is 333 g/mol. The van der Waals surface area contributed by atoms with E-state index in [0.29, 0.717) is 22.7 Å². The van der Waals surface area contributed by atoms with Gasteiger partial charge in [0.25, 0.3) is 5.91 Å². The second-order valence-corrected chi connectivity index (χ2v) is 5.26. The second-order valence-electron chi connectivity index (χ2n) is 5.26. The molecular weight excluding hydrogens is 314 g/mol. The Bertz CT molecular complexity index is 778. The van der Waals surface area contributed by atoms with Crippen molar-refractivity contribution in [2.45, 2.75) is 20.3 Å². The predicted octanol–water partition coefficient (Wildman–Crippen LogP) is 2.79. The van der Waals surface area contributed by atoms with Gasteiger partial charge in [-0.25, -0.2) is 0 Å². The highest BCUT2D eigenvalue weighted by Gasteiger charge is 2.21. The lowest BCUT2D eigenvalue weighted by atomic mass is 10.1. The molecular formula is C17H19NO6. The van der Waals surface area contributed by atoms with Crippen molar-refractivity contribution in [1.29, 1.82) is 0 Å². The predicted molar refractivity (Wildman–Crippen MR) is 87.0 cm³/mol. The van der Waals surface area contributed by atoms with Gasteiger partial charge in [0.2, 0.25) is 0 Å². The SMILES string of the molecule is COc1cc(C)c(NC(=O)c2c(C)coc2CC(=O)O)cc1OC. The van der Waals surface area contributed by atoms with Gasteiger partial charge in [0.1, 0.15) is 12.2 Å². The van der Waals surface area contributed by atoms with Gasteiger partial charge in [-0.3, -0.25) is 9.59 Å². The van der Waals surface area contributed by atoms with E-state index in [-0.39, 0.29) is 17.7 Å². The molecule has 0 atom stereocenters. The Labute approximate surface area is 139 Å². The van der Waals surface area contributed by atoms with Crippen LogP contribution < -0.4 is 14.8 Å². The fourth-order valence-corrected chi connectivity index (χ4v) is 2.37. The van der Waals surface area contributed by atoms with Crippen LogP contribution in [0.4, 0.5) is 5.69 Å². The summed E-state index contributed by atoms with van der Waals surface area (Å²) in [5, 5.41) is 11.7. The van der Waals surface area contributed by atoms with Gasteiger partial charge >= 0.3 is 5.97 Å². The molecule has 0 unspecified atom stereocenters. The number of hydrogen-bond donors (Lipinski definition) is 2. The number of carboxylic acid groups (broad SMARTS) is 1. The van der Waals surface area contributed by atoms with Gasteiger partial charge in [-0.1, -0.05) is 0 Å². The highest BCUT2D eigenvalue weighted by atomic mass is 16.5. The fourth-order valence-electron chi connectivity index (χ4n) is 2.37. The molecule has 128 valence electrons. The van der Waals surface area contributed by atoms with E-state index in [1.54, 1.807) is 19.1 Å². The third-order valence-electron chi connectivity index (χ3n) is 3.57. The number of hydrogen-bond acceptors (Lipinski definition) is 5. The number of nitrogens with one attached hydrogen (secondary N) is 1. The van der Waals surface area contributed by atoms with Crippen molar-refractivity contribution in [2.75, 3.05) is 19.5 Å². The van der Waals surface area contributed by atoms with E-state index in [1.165, 1.54) is 20.5 Å². The molecule has 2 aromatic rings. The first-order valence-corrected chi connectivity index (χ1v) is 7.20. The molecule has 0 saturated heterocycles. The van der Waals surface area contributed by atoms with Crippen LogP contribution in [0, 0.1) is 13.8 Å². The summed E-state index contributed by atoms with van der Waals surface area (Å²) in [5.41, 5.74) is 2.12. The molecule has 0 bridgehead atoms. The van der Waals surface area contributed by atoms with Gasteiger partial charge in [-0.2, -0.15) is 0 Å². The Morgan fingerprint density at radius 3 is 2.33 bits per heavy atom. The van der Waals surface area contributed by atoms with E-state index < -0.39 is 11.9 Å². The van der Waals surface area contributed by atoms with E-state index >= 15 is 0 Å². The van der Waals surface area contributed by atoms with Gasteiger partial charge < -0.3 is 24.3 Å². The smallest absolute Gasteiger partial charge is 0.311 e. The van der Waals surface area contributed by atoms with Gasteiger partial charge in [0.05, 0.1) is 26.0 Å². The summed E-state index contributed by atoms with van der Waals surface area (Å²) in [6.45, 7) is 3.50. The second kappa shape index (κ2) is 7.08. The number of furan rings is 1. The molecule has 0 radical (unpaired) electrons. The van der Waals surface area contributed by atoms with Crippen molar-refractivity contribution in [3.63, 3.8) is 0 Å². The lowest BCUT2D eigenvalue weighted by Gasteiger charge is -2.14. The van der Waals surface area contributed by atoms with Crippen LogP contribution in [0.15, 0.2) is 22.8 Å². The number of methoxy groups -OCH3 is 2. The maximum atomic E-state index is 12.6. The van der Waals surface area contributed by atoms with Gasteiger partial charge in [-0.15, -0.1) is 0 Å².